The van der Waals surface area contributed by atoms with Crippen LogP contribution in [-0.2, 0) is 6.42 Å². The first-order valence-corrected chi connectivity index (χ1v) is 10.4. The lowest BCUT2D eigenvalue weighted by Gasteiger charge is -2.33. The molecular formula is C24H37NO. The van der Waals surface area contributed by atoms with Gasteiger partial charge in [0.15, 0.2) is 0 Å². The smallest absolute Gasteiger partial charge is 0.130 e. The van der Waals surface area contributed by atoms with E-state index in [2.05, 4.69) is 70.3 Å². The van der Waals surface area contributed by atoms with Gasteiger partial charge in [-0.05, 0) is 82.7 Å². The molecule has 0 saturated carbocycles. The highest BCUT2D eigenvalue weighted by Crippen LogP contribution is 2.39. The van der Waals surface area contributed by atoms with E-state index in [1.54, 1.807) is 0 Å². The molecule has 1 atom stereocenters. The Kier molecular flexibility index (Phi) is 7.81. The maximum Gasteiger partial charge on any atom is 0.130 e. The summed E-state index contributed by atoms with van der Waals surface area (Å²) in [4.78, 5) is 0. The summed E-state index contributed by atoms with van der Waals surface area (Å²) in [5.41, 5.74) is 4.97. The lowest BCUT2D eigenvalue weighted by atomic mass is 9.93. The van der Waals surface area contributed by atoms with Crippen molar-refractivity contribution < 1.29 is 4.74 Å². The molecule has 0 amide bonds. The average Bonchev–Trinajstić information content (AvgIpc) is 2.59. The van der Waals surface area contributed by atoms with Gasteiger partial charge in [-0.3, -0.25) is 0 Å². The molecule has 2 nitrogen and oxygen atoms in total. The second-order valence-corrected chi connectivity index (χ2v) is 8.01. The zero-order valence-corrected chi connectivity index (χ0v) is 17.5. The number of hydrogen-bond donors (Lipinski definition) is 1. The van der Waals surface area contributed by atoms with Gasteiger partial charge in [-0.15, -0.1) is 0 Å². The van der Waals surface area contributed by atoms with E-state index in [4.69, 9.17) is 4.74 Å². The third kappa shape index (κ3) is 5.93. The molecule has 0 aliphatic carbocycles. The van der Waals surface area contributed by atoms with Crippen LogP contribution >= 0.6 is 0 Å². The zero-order chi connectivity index (χ0) is 19.0. The molecule has 0 bridgehead atoms. The van der Waals surface area contributed by atoms with Gasteiger partial charge in [0.2, 0.25) is 0 Å². The molecule has 1 unspecified atom stereocenters. The van der Waals surface area contributed by atoms with Gasteiger partial charge in [-0.2, -0.15) is 0 Å². The van der Waals surface area contributed by atoms with Crippen molar-refractivity contribution in [2.45, 2.75) is 85.2 Å². The molecule has 0 saturated heterocycles. The zero-order valence-electron chi connectivity index (χ0n) is 17.5. The molecule has 0 radical (unpaired) electrons. The topological polar surface area (TPSA) is 21.3 Å². The van der Waals surface area contributed by atoms with Gasteiger partial charge in [0, 0.05) is 17.8 Å². The van der Waals surface area contributed by atoms with Crippen LogP contribution in [0.1, 0.15) is 84.3 Å². The predicted octanol–water partition coefficient (Wildman–Crippen LogP) is 7.15. The molecule has 1 heterocycles. The minimum absolute atomic E-state index is 0.219. The Morgan fingerprint density at radius 3 is 2.65 bits per heavy atom. The second-order valence-electron chi connectivity index (χ2n) is 8.01. The van der Waals surface area contributed by atoms with Crippen LogP contribution in [0, 0.1) is 0 Å². The lowest BCUT2D eigenvalue weighted by molar-refractivity contribution is 0.128. The number of benzene rings is 1. The third-order valence-corrected chi connectivity index (χ3v) is 4.98. The number of ether oxygens (including phenoxy) is 1. The maximum absolute atomic E-state index is 6.51. The first kappa shape index (κ1) is 20.6. The van der Waals surface area contributed by atoms with Crippen LogP contribution in [0.4, 0.5) is 5.69 Å². The third-order valence-electron chi connectivity index (χ3n) is 4.98. The Morgan fingerprint density at radius 1 is 1.15 bits per heavy atom. The second kappa shape index (κ2) is 9.85. The van der Waals surface area contributed by atoms with Crippen molar-refractivity contribution in [1.29, 1.82) is 0 Å². The minimum Gasteiger partial charge on any atom is -0.483 e. The van der Waals surface area contributed by atoms with Crippen molar-refractivity contribution in [1.82, 2.24) is 0 Å². The minimum atomic E-state index is -0.219. The van der Waals surface area contributed by atoms with Crippen molar-refractivity contribution in [3.8, 4) is 5.75 Å². The molecule has 0 fully saturated rings. The van der Waals surface area contributed by atoms with Gasteiger partial charge >= 0.3 is 0 Å². The van der Waals surface area contributed by atoms with Crippen molar-refractivity contribution in [3.63, 3.8) is 0 Å². The van der Waals surface area contributed by atoms with Crippen LogP contribution in [0.3, 0.4) is 0 Å². The van der Waals surface area contributed by atoms with E-state index in [1.165, 1.54) is 41.6 Å². The molecule has 144 valence electrons. The van der Waals surface area contributed by atoms with Gasteiger partial charge in [0.25, 0.3) is 0 Å². The highest BCUT2D eigenvalue weighted by molar-refractivity contribution is 5.75. The Morgan fingerprint density at radius 2 is 1.96 bits per heavy atom. The monoisotopic (exact) mass is 355 g/mol. The van der Waals surface area contributed by atoms with E-state index in [1.807, 2.05) is 0 Å². The van der Waals surface area contributed by atoms with Gasteiger partial charge in [-0.1, -0.05) is 38.3 Å². The van der Waals surface area contributed by atoms with E-state index in [0.717, 1.165) is 38.0 Å². The number of unbranched alkanes of at least 4 members (excludes halogenated alkanes) is 2. The fourth-order valence-corrected chi connectivity index (χ4v) is 3.40. The number of fused-ring (bicyclic) bond motifs is 1. The fraction of sp³-hybridized carbons (Fsp3) is 0.583. The molecule has 1 aromatic carbocycles. The fourth-order valence-electron chi connectivity index (χ4n) is 3.40. The Hall–Kier alpha value is -1.70. The van der Waals surface area contributed by atoms with Gasteiger partial charge in [-0.25, -0.2) is 0 Å². The van der Waals surface area contributed by atoms with Crippen LogP contribution in [0.15, 0.2) is 29.9 Å². The van der Waals surface area contributed by atoms with E-state index in [-0.39, 0.29) is 5.60 Å². The van der Waals surface area contributed by atoms with E-state index in [0.29, 0.717) is 0 Å². The van der Waals surface area contributed by atoms with E-state index in [9.17, 15) is 0 Å². The number of allylic oxidation sites excluding steroid dienone is 2. The molecule has 0 aromatic heterocycles. The van der Waals surface area contributed by atoms with Crippen LogP contribution < -0.4 is 10.1 Å². The molecule has 2 rings (SSSR count). The van der Waals surface area contributed by atoms with Crippen molar-refractivity contribution >= 4 is 11.8 Å². The van der Waals surface area contributed by atoms with Gasteiger partial charge < -0.3 is 10.1 Å². The summed E-state index contributed by atoms with van der Waals surface area (Å²) in [6.07, 6.45) is 14.9. The summed E-state index contributed by atoms with van der Waals surface area (Å²) in [6.45, 7) is 12.0. The summed E-state index contributed by atoms with van der Waals surface area (Å²) >= 11 is 0. The summed E-state index contributed by atoms with van der Waals surface area (Å²) in [5.74, 6) is 1.04. The molecule has 26 heavy (non-hydrogen) atoms. The summed E-state index contributed by atoms with van der Waals surface area (Å²) in [5, 5.41) is 3.60. The first-order chi connectivity index (χ1) is 12.5. The lowest BCUT2D eigenvalue weighted by Crippen LogP contribution is -2.32. The number of aryl methyl sites for hydroxylation is 1. The van der Waals surface area contributed by atoms with Gasteiger partial charge in [0.1, 0.15) is 11.4 Å². The van der Waals surface area contributed by atoms with Crippen LogP contribution in [0.25, 0.3) is 6.08 Å². The maximum atomic E-state index is 6.51. The molecule has 1 aromatic rings. The molecule has 1 aliphatic heterocycles. The summed E-state index contributed by atoms with van der Waals surface area (Å²) in [6, 6.07) is 4.59. The molecule has 1 N–H and O–H groups in total. The van der Waals surface area contributed by atoms with Crippen molar-refractivity contribution in [2.24, 2.45) is 0 Å². The largest absolute Gasteiger partial charge is 0.483 e. The van der Waals surface area contributed by atoms with Crippen molar-refractivity contribution in [2.75, 3.05) is 11.9 Å². The normalized spacial score (nSPS) is 18.2. The number of nitrogens with one attached hydrogen (secondary N) is 1. The van der Waals surface area contributed by atoms with E-state index < -0.39 is 0 Å². The molecule has 0 spiro atoms. The summed E-state index contributed by atoms with van der Waals surface area (Å²) in [7, 11) is 0. The Labute approximate surface area is 160 Å². The first-order valence-electron chi connectivity index (χ1n) is 10.4. The van der Waals surface area contributed by atoms with Crippen LogP contribution in [-0.4, -0.2) is 12.1 Å². The number of hydrogen-bond acceptors (Lipinski definition) is 2. The van der Waals surface area contributed by atoms with E-state index >= 15 is 0 Å². The Bertz CT molecular complexity index is 640. The highest BCUT2D eigenvalue weighted by atomic mass is 16.5. The molecular weight excluding hydrogens is 318 g/mol. The number of rotatable bonds is 10. The molecule has 1 aliphatic rings. The van der Waals surface area contributed by atoms with Crippen molar-refractivity contribution in [3.05, 3.63) is 41.0 Å². The predicted molar refractivity (Wildman–Crippen MR) is 115 cm³/mol. The standard InChI is InChI=1S/C24H37NO/c1-6-8-9-12-20-17-22(25-16-7-2)21-13-15-24(5,26-23(21)18-20)14-10-11-19(3)4/h11,13,15,17-18,25H,6-10,12,14,16H2,1-5H3. The van der Waals surface area contributed by atoms with Crippen LogP contribution in [0.5, 0.6) is 5.75 Å². The van der Waals surface area contributed by atoms with Gasteiger partial charge in [0.05, 0.1) is 0 Å². The average molecular weight is 356 g/mol. The highest BCUT2D eigenvalue weighted by Gasteiger charge is 2.28. The summed E-state index contributed by atoms with van der Waals surface area (Å²) < 4.78 is 6.51. The number of anilines is 1. The quantitative estimate of drug-likeness (QED) is 0.355. The van der Waals surface area contributed by atoms with Crippen LogP contribution in [0.2, 0.25) is 0 Å². The molecule has 2 heteroatoms. The Balaban J connectivity index is 2.22. The SMILES string of the molecule is CCCCCc1cc(NCCC)c2c(c1)OC(C)(CCC=C(C)C)C=C2.